The van der Waals surface area contributed by atoms with E-state index in [4.69, 9.17) is 18.0 Å². The largest absolute Gasteiger partial charge is 0.391 e. The van der Waals surface area contributed by atoms with Crippen LogP contribution in [0, 0.1) is 6.92 Å². The van der Waals surface area contributed by atoms with Gasteiger partial charge in [-0.05, 0) is 37.5 Å². The van der Waals surface area contributed by atoms with E-state index in [0.717, 1.165) is 30.6 Å². The van der Waals surface area contributed by atoms with Crippen molar-refractivity contribution in [1.82, 2.24) is 0 Å². The molecule has 3 nitrogen and oxygen atoms in total. The Morgan fingerprint density at radius 3 is 2.94 bits per heavy atom. The number of anilines is 1. The van der Waals surface area contributed by atoms with Crippen LogP contribution in [0.15, 0.2) is 18.2 Å². The topological polar surface area (TPSA) is 49.5 Å². The summed E-state index contributed by atoms with van der Waals surface area (Å²) in [7, 11) is 0. The number of hydrogen-bond acceptors (Lipinski definition) is 3. The molecule has 4 heteroatoms. The molecular weight excluding hydrogens is 232 g/mol. The number of aliphatic hydroxyl groups is 1. The monoisotopic (exact) mass is 250 g/mol. The van der Waals surface area contributed by atoms with Crippen molar-refractivity contribution in [2.75, 3.05) is 18.0 Å². The molecule has 1 aliphatic rings. The number of nitrogens with two attached hydrogens (primary N) is 1. The summed E-state index contributed by atoms with van der Waals surface area (Å²) in [6.07, 6.45) is 1.64. The number of rotatable bonds is 2. The number of aryl methyl sites for hydroxylation is 1. The van der Waals surface area contributed by atoms with Crippen molar-refractivity contribution in [2.24, 2.45) is 5.73 Å². The molecular formula is C13H18N2OS. The molecule has 0 amide bonds. The molecule has 0 spiro atoms. The van der Waals surface area contributed by atoms with E-state index in [0.29, 0.717) is 11.5 Å². The van der Waals surface area contributed by atoms with E-state index in [1.54, 1.807) is 0 Å². The Balaban J connectivity index is 2.35. The Morgan fingerprint density at radius 2 is 2.29 bits per heavy atom. The number of piperidine rings is 1. The van der Waals surface area contributed by atoms with Gasteiger partial charge in [-0.1, -0.05) is 18.3 Å². The Kier molecular flexibility index (Phi) is 3.64. The van der Waals surface area contributed by atoms with Crippen LogP contribution in [0.25, 0.3) is 0 Å². The summed E-state index contributed by atoms with van der Waals surface area (Å²) in [5.41, 5.74) is 8.88. The number of aliphatic hydroxyl groups excluding tert-OH is 1. The number of nitrogens with zero attached hydrogens (tertiary/aromatic N) is 1. The first-order valence-corrected chi connectivity index (χ1v) is 6.32. The van der Waals surface area contributed by atoms with Gasteiger partial charge in [0.15, 0.2) is 0 Å². The quantitative estimate of drug-likeness (QED) is 0.783. The fourth-order valence-corrected chi connectivity index (χ4v) is 2.46. The highest BCUT2D eigenvalue weighted by Crippen LogP contribution is 2.25. The van der Waals surface area contributed by atoms with Crippen molar-refractivity contribution in [3.8, 4) is 0 Å². The minimum atomic E-state index is -0.247. The van der Waals surface area contributed by atoms with Gasteiger partial charge in [0.1, 0.15) is 4.99 Å². The van der Waals surface area contributed by atoms with E-state index in [1.165, 1.54) is 5.56 Å². The van der Waals surface area contributed by atoms with Gasteiger partial charge in [0.25, 0.3) is 0 Å². The molecule has 92 valence electrons. The molecule has 3 N–H and O–H groups in total. The summed E-state index contributed by atoms with van der Waals surface area (Å²) < 4.78 is 0. The van der Waals surface area contributed by atoms with Gasteiger partial charge in [-0.25, -0.2) is 0 Å². The molecule has 0 aromatic heterocycles. The molecule has 1 saturated heterocycles. The van der Waals surface area contributed by atoms with Crippen LogP contribution in [0.2, 0.25) is 0 Å². The summed E-state index contributed by atoms with van der Waals surface area (Å²) in [5, 5.41) is 9.73. The third-order valence-electron chi connectivity index (χ3n) is 3.16. The van der Waals surface area contributed by atoms with Gasteiger partial charge >= 0.3 is 0 Å². The maximum atomic E-state index is 9.73. The van der Waals surface area contributed by atoms with Crippen molar-refractivity contribution < 1.29 is 5.11 Å². The number of β-amino-alcohol motifs (C(OH)–C–C–N with tert-alkyl or cyclic N) is 1. The molecule has 1 atom stereocenters. The van der Waals surface area contributed by atoms with Crippen LogP contribution in [0.3, 0.4) is 0 Å². The maximum absolute atomic E-state index is 9.73. The molecule has 0 bridgehead atoms. The van der Waals surface area contributed by atoms with Gasteiger partial charge in [0, 0.05) is 24.3 Å². The van der Waals surface area contributed by atoms with Crippen molar-refractivity contribution in [1.29, 1.82) is 0 Å². The SMILES string of the molecule is Cc1ccc(C(N)=S)c(N2CCCC(O)C2)c1. The Labute approximate surface area is 107 Å². The van der Waals surface area contributed by atoms with Crippen LogP contribution >= 0.6 is 12.2 Å². The first kappa shape index (κ1) is 12.3. The van der Waals surface area contributed by atoms with Crippen LogP contribution in [0.4, 0.5) is 5.69 Å². The molecule has 0 saturated carbocycles. The molecule has 1 heterocycles. The minimum Gasteiger partial charge on any atom is -0.391 e. The van der Waals surface area contributed by atoms with E-state index in [9.17, 15) is 5.11 Å². The van der Waals surface area contributed by atoms with E-state index < -0.39 is 0 Å². The van der Waals surface area contributed by atoms with Gasteiger partial charge in [0.2, 0.25) is 0 Å². The number of benzene rings is 1. The van der Waals surface area contributed by atoms with Crippen LogP contribution in [-0.2, 0) is 0 Å². The highest BCUT2D eigenvalue weighted by Gasteiger charge is 2.20. The van der Waals surface area contributed by atoms with Crippen LogP contribution < -0.4 is 10.6 Å². The number of thiocarbonyl (C=S) groups is 1. The molecule has 1 aliphatic heterocycles. The second-order valence-electron chi connectivity index (χ2n) is 4.63. The summed E-state index contributed by atoms with van der Waals surface area (Å²) in [6.45, 7) is 3.67. The highest BCUT2D eigenvalue weighted by atomic mass is 32.1. The van der Waals surface area contributed by atoms with E-state index in [1.807, 2.05) is 19.1 Å². The fraction of sp³-hybridized carbons (Fsp3) is 0.462. The van der Waals surface area contributed by atoms with Gasteiger partial charge in [-0.15, -0.1) is 0 Å². The van der Waals surface area contributed by atoms with Gasteiger partial charge in [-0.2, -0.15) is 0 Å². The van der Waals surface area contributed by atoms with Crippen LogP contribution in [-0.4, -0.2) is 29.3 Å². The standard InChI is InChI=1S/C13H18N2OS/c1-9-4-5-11(13(14)17)12(7-9)15-6-2-3-10(16)8-15/h4-5,7,10,16H,2-3,6,8H2,1H3,(H2,14,17). The third kappa shape index (κ3) is 2.76. The molecule has 0 radical (unpaired) electrons. The van der Waals surface area contributed by atoms with Crippen LogP contribution in [0.5, 0.6) is 0 Å². The third-order valence-corrected chi connectivity index (χ3v) is 3.38. The molecule has 1 aromatic carbocycles. The van der Waals surface area contributed by atoms with Crippen molar-refractivity contribution in [3.63, 3.8) is 0 Å². The summed E-state index contributed by atoms with van der Waals surface area (Å²) in [6, 6.07) is 6.07. The number of hydrogen-bond donors (Lipinski definition) is 2. The van der Waals surface area contributed by atoms with Gasteiger partial charge in [0.05, 0.1) is 6.10 Å². The lowest BCUT2D eigenvalue weighted by Gasteiger charge is -2.33. The van der Waals surface area contributed by atoms with Crippen molar-refractivity contribution in [3.05, 3.63) is 29.3 Å². The zero-order valence-corrected chi connectivity index (χ0v) is 10.8. The van der Waals surface area contributed by atoms with E-state index in [-0.39, 0.29) is 6.10 Å². The molecule has 1 aromatic rings. The smallest absolute Gasteiger partial charge is 0.106 e. The van der Waals surface area contributed by atoms with Crippen molar-refractivity contribution >= 4 is 22.9 Å². The molecule has 0 aliphatic carbocycles. The Morgan fingerprint density at radius 1 is 1.53 bits per heavy atom. The average molecular weight is 250 g/mol. The zero-order chi connectivity index (χ0) is 12.4. The lowest BCUT2D eigenvalue weighted by molar-refractivity contribution is 0.154. The van der Waals surface area contributed by atoms with Crippen LogP contribution in [0.1, 0.15) is 24.0 Å². The lowest BCUT2D eigenvalue weighted by Crippen LogP contribution is -2.39. The minimum absolute atomic E-state index is 0.247. The molecule has 1 unspecified atom stereocenters. The fourth-order valence-electron chi connectivity index (χ4n) is 2.29. The first-order chi connectivity index (χ1) is 8.08. The summed E-state index contributed by atoms with van der Waals surface area (Å²) >= 11 is 5.08. The Hall–Kier alpha value is -1.13. The maximum Gasteiger partial charge on any atom is 0.106 e. The zero-order valence-electron chi connectivity index (χ0n) is 10.0. The summed E-state index contributed by atoms with van der Waals surface area (Å²) in [5.74, 6) is 0. The normalized spacial score (nSPS) is 20.4. The molecule has 2 rings (SSSR count). The van der Waals surface area contributed by atoms with E-state index >= 15 is 0 Å². The van der Waals surface area contributed by atoms with E-state index in [2.05, 4.69) is 11.0 Å². The molecule has 17 heavy (non-hydrogen) atoms. The Bertz CT molecular complexity index is 433. The second-order valence-corrected chi connectivity index (χ2v) is 5.07. The molecule has 1 fully saturated rings. The second kappa shape index (κ2) is 5.02. The first-order valence-electron chi connectivity index (χ1n) is 5.91. The van der Waals surface area contributed by atoms with Crippen molar-refractivity contribution in [2.45, 2.75) is 25.9 Å². The van der Waals surface area contributed by atoms with Gasteiger partial charge < -0.3 is 15.7 Å². The lowest BCUT2D eigenvalue weighted by atomic mass is 10.0. The predicted molar refractivity (Wildman–Crippen MR) is 74.5 cm³/mol. The summed E-state index contributed by atoms with van der Waals surface area (Å²) in [4.78, 5) is 2.59. The van der Waals surface area contributed by atoms with Gasteiger partial charge in [-0.3, -0.25) is 0 Å². The average Bonchev–Trinajstić information content (AvgIpc) is 2.28. The predicted octanol–water partition coefficient (Wildman–Crippen LogP) is 1.59. The highest BCUT2D eigenvalue weighted by molar-refractivity contribution is 7.80.